The van der Waals surface area contributed by atoms with Crippen LogP contribution in [0.1, 0.15) is 0 Å². The molecule has 0 heterocycles. The van der Waals surface area contributed by atoms with Gasteiger partial charge in [0.25, 0.3) is 10.1 Å². The number of carboxylic acid groups (broad SMARTS) is 1. The topological polar surface area (TPSA) is 91.7 Å². The Kier molecular flexibility index (Phi) is 9.98. The highest BCUT2D eigenvalue weighted by Gasteiger charge is 2.09. The van der Waals surface area contributed by atoms with Crippen molar-refractivity contribution in [1.82, 2.24) is 0 Å². The van der Waals surface area contributed by atoms with Crippen LogP contribution in [0.4, 0.5) is 0 Å². The monoisotopic (exact) mass is 208 g/mol. The second kappa shape index (κ2) is 5.98. The molecule has 0 aliphatic heterocycles. The molecule has 0 spiro atoms. The van der Waals surface area contributed by atoms with Gasteiger partial charge in [0.05, 0.1) is 0 Å². The Bertz CT molecular complexity index is 184. The molecular formula is C2H10O5P2S. The van der Waals surface area contributed by atoms with E-state index < -0.39 is 21.8 Å². The summed E-state index contributed by atoms with van der Waals surface area (Å²) in [7, 11) is -4.32. The zero-order chi connectivity index (χ0) is 6.78. The van der Waals surface area contributed by atoms with Crippen LogP contribution in [0.2, 0.25) is 0 Å². The summed E-state index contributed by atoms with van der Waals surface area (Å²) in [5, 5.41) is 7.71. The average molecular weight is 208 g/mol. The first-order valence-electron chi connectivity index (χ1n) is 1.59. The van der Waals surface area contributed by atoms with Crippen LogP contribution in [0.3, 0.4) is 0 Å². The highest BCUT2D eigenvalue weighted by Crippen LogP contribution is 1.78. The molecule has 0 aromatic carbocycles. The molecule has 0 rings (SSSR count). The molecule has 2 atom stereocenters. The van der Waals surface area contributed by atoms with Crippen LogP contribution in [-0.2, 0) is 14.9 Å². The molecular weight excluding hydrogens is 198 g/mol. The van der Waals surface area contributed by atoms with Crippen LogP contribution >= 0.6 is 19.8 Å². The molecule has 0 fully saturated rings. The Hall–Kier alpha value is 0.240. The van der Waals surface area contributed by atoms with Gasteiger partial charge in [-0.25, -0.2) is 0 Å². The van der Waals surface area contributed by atoms with E-state index in [4.69, 9.17) is 9.66 Å². The number of carbonyl (C=O) groups is 1. The Labute approximate surface area is 65.2 Å². The normalized spacial score (nSPS) is 8.90. The van der Waals surface area contributed by atoms with Gasteiger partial charge in [0.2, 0.25) is 0 Å². The van der Waals surface area contributed by atoms with Crippen LogP contribution in [-0.4, -0.2) is 29.8 Å². The highest BCUT2D eigenvalue weighted by atomic mass is 32.2. The fraction of sp³-hybridized carbons (Fsp3) is 0.500. The lowest BCUT2D eigenvalue weighted by Gasteiger charge is -1.85. The zero-order valence-electron chi connectivity index (χ0n) is 5.15. The first kappa shape index (κ1) is 16.7. The summed E-state index contributed by atoms with van der Waals surface area (Å²) in [6.45, 7) is 0. The molecule has 0 radical (unpaired) electrons. The number of rotatable bonds is 2. The van der Waals surface area contributed by atoms with Gasteiger partial charge in [-0.2, -0.15) is 28.2 Å². The molecule has 0 bridgehead atoms. The lowest BCUT2D eigenvalue weighted by molar-refractivity contribution is -0.134. The van der Waals surface area contributed by atoms with Gasteiger partial charge in [-0.05, 0) is 0 Å². The van der Waals surface area contributed by atoms with Crippen LogP contribution in [0.25, 0.3) is 0 Å². The van der Waals surface area contributed by atoms with Gasteiger partial charge in [0.15, 0.2) is 5.75 Å². The molecule has 64 valence electrons. The molecule has 2 N–H and O–H groups in total. The number of hydrogen-bond donors (Lipinski definition) is 2. The van der Waals surface area contributed by atoms with Crippen molar-refractivity contribution in [1.29, 1.82) is 0 Å². The van der Waals surface area contributed by atoms with Crippen molar-refractivity contribution in [3.8, 4) is 0 Å². The molecule has 5 nitrogen and oxygen atoms in total. The van der Waals surface area contributed by atoms with Gasteiger partial charge in [-0.15, -0.1) is 0 Å². The first-order valence-corrected chi connectivity index (χ1v) is 3.20. The summed E-state index contributed by atoms with van der Waals surface area (Å²) in [6, 6.07) is 0. The molecule has 10 heavy (non-hydrogen) atoms. The minimum atomic E-state index is -4.32. The number of aliphatic carboxylic acids is 1. The summed E-state index contributed by atoms with van der Waals surface area (Å²) >= 11 is 0. The molecule has 0 saturated carbocycles. The lowest BCUT2D eigenvalue weighted by Crippen LogP contribution is -2.13. The summed E-state index contributed by atoms with van der Waals surface area (Å²) in [5.41, 5.74) is 0. The Morgan fingerprint density at radius 1 is 1.30 bits per heavy atom. The van der Waals surface area contributed by atoms with Crippen LogP contribution < -0.4 is 0 Å². The van der Waals surface area contributed by atoms with E-state index in [9.17, 15) is 13.2 Å². The molecule has 0 aromatic heterocycles. The number of hydrogen-bond acceptors (Lipinski definition) is 3. The van der Waals surface area contributed by atoms with Gasteiger partial charge >= 0.3 is 5.97 Å². The minimum Gasteiger partial charge on any atom is -0.480 e. The molecule has 2 unspecified atom stereocenters. The van der Waals surface area contributed by atoms with Crippen molar-refractivity contribution in [3.05, 3.63) is 0 Å². The average Bonchev–Trinajstić information content (AvgIpc) is 1.21. The predicted octanol–water partition coefficient (Wildman–Crippen LogP) is -0.925. The summed E-state index contributed by atoms with van der Waals surface area (Å²) in [4.78, 5) is 9.48. The Balaban J connectivity index is -0.000000245. The quantitative estimate of drug-likeness (QED) is 0.452. The van der Waals surface area contributed by atoms with Gasteiger partial charge in [-0.1, -0.05) is 0 Å². The Morgan fingerprint density at radius 2 is 1.60 bits per heavy atom. The number of carboxylic acids is 1. The zero-order valence-corrected chi connectivity index (χ0v) is 8.79. The van der Waals surface area contributed by atoms with E-state index in [1.807, 2.05) is 0 Å². The van der Waals surface area contributed by atoms with Crippen molar-refractivity contribution in [3.63, 3.8) is 0 Å². The van der Waals surface area contributed by atoms with Crippen molar-refractivity contribution < 1.29 is 22.9 Å². The SMILES string of the molecule is O=C(O)CS(=O)(=O)O.P.P. The maximum atomic E-state index is 9.62. The van der Waals surface area contributed by atoms with Crippen LogP contribution in [0.5, 0.6) is 0 Å². The second-order valence-electron chi connectivity index (χ2n) is 1.12. The van der Waals surface area contributed by atoms with Crippen LogP contribution in [0.15, 0.2) is 0 Å². The van der Waals surface area contributed by atoms with Crippen molar-refractivity contribution >= 4 is 35.9 Å². The maximum Gasteiger partial charge on any atom is 0.321 e. The fourth-order valence-corrected chi connectivity index (χ4v) is 0.468. The van der Waals surface area contributed by atoms with Crippen molar-refractivity contribution in [2.45, 2.75) is 0 Å². The second-order valence-corrected chi connectivity index (χ2v) is 2.57. The predicted molar refractivity (Wildman–Crippen MR) is 46.3 cm³/mol. The summed E-state index contributed by atoms with van der Waals surface area (Å²) in [5.74, 6) is -2.79. The first-order chi connectivity index (χ1) is 3.42. The van der Waals surface area contributed by atoms with Gasteiger partial charge < -0.3 is 5.11 Å². The van der Waals surface area contributed by atoms with Crippen LogP contribution in [0, 0.1) is 0 Å². The van der Waals surface area contributed by atoms with Gasteiger partial charge in [0.1, 0.15) is 0 Å². The highest BCUT2D eigenvalue weighted by molar-refractivity contribution is 7.86. The Morgan fingerprint density at radius 3 is 1.60 bits per heavy atom. The molecule has 0 aliphatic rings. The molecule has 0 aromatic rings. The largest absolute Gasteiger partial charge is 0.480 e. The van der Waals surface area contributed by atoms with Crippen molar-refractivity contribution in [2.24, 2.45) is 0 Å². The molecule has 0 amide bonds. The van der Waals surface area contributed by atoms with Crippen molar-refractivity contribution in [2.75, 3.05) is 5.75 Å². The van der Waals surface area contributed by atoms with E-state index in [0.29, 0.717) is 0 Å². The third-order valence-electron chi connectivity index (χ3n) is 0.306. The molecule has 0 aliphatic carbocycles. The molecule has 0 saturated heterocycles. The van der Waals surface area contributed by atoms with E-state index >= 15 is 0 Å². The standard InChI is InChI=1S/C2H4O5S.2H3P/c3-2(4)1-8(5,6)7;;/h1H2,(H,3,4)(H,5,6,7);2*1H3. The molecule has 8 heteroatoms. The van der Waals surface area contributed by atoms with E-state index in [-0.39, 0.29) is 19.8 Å². The summed E-state index contributed by atoms with van der Waals surface area (Å²) < 4.78 is 27.0. The minimum absolute atomic E-state index is 0. The summed E-state index contributed by atoms with van der Waals surface area (Å²) in [6.07, 6.45) is 0. The smallest absolute Gasteiger partial charge is 0.321 e. The maximum absolute atomic E-state index is 9.62. The fourth-order valence-electron chi connectivity index (χ4n) is 0.156. The van der Waals surface area contributed by atoms with Gasteiger partial charge in [0, 0.05) is 0 Å². The third kappa shape index (κ3) is 15.7. The van der Waals surface area contributed by atoms with E-state index in [1.165, 1.54) is 0 Å². The van der Waals surface area contributed by atoms with Gasteiger partial charge in [-0.3, -0.25) is 9.35 Å². The third-order valence-corrected chi connectivity index (χ3v) is 0.918. The van der Waals surface area contributed by atoms with E-state index in [2.05, 4.69) is 0 Å². The van der Waals surface area contributed by atoms with E-state index in [1.54, 1.807) is 0 Å². The van der Waals surface area contributed by atoms with E-state index in [0.717, 1.165) is 0 Å². The lowest BCUT2D eigenvalue weighted by atomic mass is 10.8.